The molecule has 1 nitrogen and oxygen atoms in total. The van der Waals surface area contributed by atoms with Crippen molar-refractivity contribution >= 4 is 16.9 Å². The molecule has 0 rings (SSSR count). The Morgan fingerprint density at radius 1 is 1.75 bits per heavy atom. The van der Waals surface area contributed by atoms with Crippen molar-refractivity contribution in [2.45, 2.75) is 26.7 Å². The van der Waals surface area contributed by atoms with E-state index in [1.165, 1.54) is 11.8 Å². The normalized spacial score (nSPS) is 9.25. The lowest BCUT2D eigenvalue weighted by molar-refractivity contribution is -0.109. The minimum atomic E-state index is 0.179. The third kappa shape index (κ3) is 6.02. The van der Waals surface area contributed by atoms with Crippen LogP contribution < -0.4 is 0 Å². The summed E-state index contributed by atoms with van der Waals surface area (Å²) in [6.45, 7) is 3.67. The molecule has 0 aliphatic rings. The third-order valence-corrected chi connectivity index (χ3v) is 1.39. The van der Waals surface area contributed by atoms with Crippen LogP contribution in [0.25, 0.3) is 0 Å². The maximum absolute atomic E-state index is 10.3. The van der Waals surface area contributed by atoms with Crippen LogP contribution in [-0.4, -0.2) is 5.12 Å². The van der Waals surface area contributed by atoms with E-state index in [1.807, 2.05) is 5.75 Å². The topological polar surface area (TPSA) is 17.1 Å². The first kappa shape index (κ1) is 8.02. The summed E-state index contributed by atoms with van der Waals surface area (Å²) < 4.78 is 0. The van der Waals surface area contributed by atoms with Gasteiger partial charge in [-0.1, -0.05) is 25.1 Å². The Morgan fingerprint density at radius 3 is 2.75 bits per heavy atom. The van der Waals surface area contributed by atoms with E-state index in [9.17, 15) is 4.79 Å². The Labute approximate surface area is 54.8 Å². The molecule has 0 fully saturated rings. The molecular weight excluding hydrogens is 120 g/mol. The molecule has 0 aliphatic carbocycles. The SMILES string of the molecule is CCC[CH]SC(C)=O. The van der Waals surface area contributed by atoms with E-state index >= 15 is 0 Å². The lowest BCUT2D eigenvalue weighted by Crippen LogP contribution is -1.78. The highest BCUT2D eigenvalue weighted by Gasteiger charge is 1.90. The smallest absolute Gasteiger partial charge is 0.186 e. The first-order valence-electron chi connectivity index (χ1n) is 2.76. The molecule has 0 N–H and O–H groups in total. The Hall–Kier alpha value is 0.0200. The summed E-state index contributed by atoms with van der Waals surface area (Å²) in [4.78, 5) is 10.3. The number of thioether (sulfide) groups is 1. The number of carbonyl (C=O) groups is 1. The molecule has 0 spiro atoms. The maximum atomic E-state index is 10.3. The number of hydrogen-bond acceptors (Lipinski definition) is 2. The van der Waals surface area contributed by atoms with Crippen molar-refractivity contribution < 1.29 is 4.79 Å². The first-order valence-corrected chi connectivity index (χ1v) is 3.64. The number of carbonyl (C=O) groups excluding carboxylic acids is 1. The zero-order valence-corrected chi connectivity index (χ0v) is 6.12. The van der Waals surface area contributed by atoms with E-state index in [1.54, 1.807) is 6.92 Å². The van der Waals surface area contributed by atoms with Gasteiger partial charge in [-0.3, -0.25) is 4.79 Å². The summed E-state index contributed by atoms with van der Waals surface area (Å²) in [6.07, 6.45) is 2.16. The fraction of sp³-hybridized carbons (Fsp3) is 0.667. The van der Waals surface area contributed by atoms with Crippen LogP contribution in [0.2, 0.25) is 0 Å². The molecule has 0 atom stereocenters. The summed E-state index contributed by atoms with van der Waals surface area (Å²) in [6, 6.07) is 0. The van der Waals surface area contributed by atoms with Crippen molar-refractivity contribution in [2.75, 3.05) is 0 Å². The third-order valence-electron chi connectivity index (χ3n) is 0.656. The molecule has 0 heterocycles. The Bertz CT molecular complexity index is 70.9. The molecule has 0 bridgehead atoms. The van der Waals surface area contributed by atoms with Crippen molar-refractivity contribution in [2.24, 2.45) is 0 Å². The molecule has 1 radical (unpaired) electrons. The van der Waals surface area contributed by atoms with E-state index in [0.717, 1.165) is 12.8 Å². The summed E-state index contributed by atoms with van der Waals surface area (Å²) >= 11 is 1.29. The highest BCUT2D eigenvalue weighted by molar-refractivity contribution is 8.15. The average Bonchev–Trinajstić information content (AvgIpc) is 1.66. The summed E-state index contributed by atoms with van der Waals surface area (Å²) in [5.41, 5.74) is 0. The summed E-state index contributed by atoms with van der Waals surface area (Å²) in [7, 11) is 0. The fourth-order valence-electron chi connectivity index (χ4n) is 0.294. The highest BCUT2D eigenvalue weighted by Crippen LogP contribution is 2.09. The van der Waals surface area contributed by atoms with Gasteiger partial charge in [0.15, 0.2) is 5.12 Å². The first-order chi connectivity index (χ1) is 3.77. The van der Waals surface area contributed by atoms with Crippen molar-refractivity contribution in [3.63, 3.8) is 0 Å². The molecule has 0 saturated carbocycles. The van der Waals surface area contributed by atoms with Crippen LogP contribution in [0.3, 0.4) is 0 Å². The van der Waals surface area contributed by atoms with E-state index in [-0.39, 0.29) is 5.12 Å². The second-order valence-electron chi connectivity index (χ2n) is 1.56. The molecule has 0 aromatic heterocycles. The Kier molecular flexibility index (Phi) is 5.18. The van der Waals surface area contributed by atoms with Gasteiger partial charge >= 0.3 is 0 Å². The second kappa shape index (κ2) is 5.16. The predicted molar refractivity (Wildman–Crippen MR) is 37.5 cm³/mol. The van der Waals surface area contributed by atoms with Gasteiger partial charge in [0.05, 0.1) is 0 Å². The van der Waals surface area contributed by atoms with Crippen LogP contribution in [0, 0.1) is 5.75 Å². The van der Waals surface area contributed by atoms with Crippen molar-refractivity contribution in [3.8, 4) is 0 Å². The average molecular weight is 131 g/mol. The summed E-state index contributed by atoms with van der Waals surface area (Å²) in [5.74, 6) is 1.95. The Morgan fingerprint density at radius 2 is 2.38 bits per heavy atom. The molecule has 0 amide bonds. The number of rotatable bonds is 3. The predicted octanol–water partition coefficient (Wildman–Crippen LogP) is 2.23. The van der Waals surface area contributed by atoms with Gasteiger partial charge in [0, 0.05) is 12.7 Å². The van der Waals surface area contributed by atoms with Gasteiger partial charge < -0.3 is 0 Å². The molecule has 0 aromatic carbocycles. The van der Waals surface area contributed by atoms with Crippen molar-refractivity contribution in [1.82, 2.24) is 0 Å². The molecule has 0 unspecified atom stereocenters. The lowest BCUT2D eigenvalue weighted by atomic mass is 10.4. The zero-order chi connectivity index (χ0) is 6.41. The van der Waals surface area contributed by atoms with E-state index in [4.69, 9.17) is 0 Å². The molecule has 0 aliphatic heterocycles. The minimum absolute atomic E-state index is 0.179. The molecular formula is C6H11OS. The molecule has 47 valence electrons. The lowest BCUT2D eigenvalue weighted by Gasteiger charge is -1.89. The van der Waals surface area contributed by atoms with E-state index in [0.29, 0.717) is 0 Å². The largest absolute Gasteiger partial charge is 0.288 e. The van der Waals surface area contributed by atoms with Crippen LogP contribution in [0.1, 0.15) is 26.7 Å². The fourth-order valence-corrected chi connectivity index (χ4v) is 0.882. The maximum Gasteiger partial charge on any atom is 0.186 e. The van der Waals surface area contributed by atoms with Gasteiger partial charge in [0.25, 0.3) is 0 Å². The zero-order valence-electron chi connectivity index (χ0n) is 5.31. The number of unbranched alkanes of at least 4 members (excludes halogenated alkanes) is 1. The van der Waals surface area contributed by atoms with E-state index in [2.05, 4.69) is 6.92 Å². The molecule has 0 saturated heterocycles. The second-order valence-corrected chi connectivity index (χ2v) is 2.71. The van der Waals surface area contributed by atoms with Crippen LogP contribution in [0.4, 0.5) is 0 Å². The van der Waals surface area contributed by atoms with E-state index < -0.39 is 0 Å². The van der Waals surface area contributed by atoms with Gasteiger partial charge in [-0.05, 0) is 6.42 Å². The molecule has 0 aromatic rings. The van der Waals surface area contributed by atoms with Gasteiger partial charge in [-0.2, -0.15) is 0 Å². The van der Waals surface area contributed by atoms with Crippen LogP contribution in [0.5, 0.6) is 0 Å². The van der Waals surface area contributed by atoms with Gasteiger partial charge in [-0.25, -0.2) is 0 Å². The van der Waals surface area contributed by atoms with Crippen LogP contribution >= 0.6 is 11.8 Å². The standard InChI is InChI=1S/C6H11OS/c1-3-4-5-8-6(2)7/h5H,3-4H2,1-2H3. The van der Waals surface area contributed by atoms with Crippen LogP contribution in [-0.2, 0) is 4.79 Å². The van der Waals surface area contributed by atoms with Crippen molar-refractivity contribution in [1.29, 1.82) is 0 Å². The highest BCUT2D eigenvalue weighted by atomic mass is 32.2. The van der Waals surface area contributed by atoms with Gasteiger partial charge in [0.1, 0.15) is 0 Å². The molecule has 2 heteroatoms. The van der Waals surface area contributed by atoms with Crippen LogP contribution in [0.15, 0.2) is 0 Å². The van der Waals surface area contributed by atoms with Gasteiger partial charge in [0.2, 0.25) is 0 Å². The van der Waals surface area contributed by atoms with Crippen molar-refractivity contribution in [3.05, 3.63) is 5.75 Å². The van der Waals surface area contributed by atoms with Gasteiger partial charge in [-0.15, -0.1) is 0 Å². The minimum Gasteiger partial charge on any atom is -0.288 e. The monoisotopic (exact) mass is 131 g/mol. The number of hydrogen-bond donors (Lipinski definition) is 0. The molecule has 8 heavy (non-hydrogen) atoms. The quantitative estimate of drug-likeness (QED) is 0.546. The Balaban J connectivity index is 2.82. The summed E-state index contributed by atoms with van der Waals surface area (Å²) in [5, 5.41) is 0.179.